The van der Waals surface area contributed by atoms with Crippen molar-refractivity contribution in [2.75, 3.05) is 31.2 Å². The highest BCUT2D eigenvalue weighted by atomic mass is 16.5. The Balaban J connectivity index is 1.61. The molecule has 4 aromatic rings. The molecular weight excluding hydrogens is 398 g/mol. The minimum absolute atomic E-state index is 0.0674. The number of benzene rings is 2. The van der Waals surface area contributed by atoms with Gasteiger partial charge in [-0.1, -0.05) is 18.2 Å². The molecule has 1 saturated heterocycles. The zero-order valence-electron chi connectivity index (χ0n) is 16.5. The number of aromatic nitrogens is 4. The van der Waals surface area contributed by atoms with Gasteiger partial charge in [0.05, 0.1) is 30.5 Å². The van der Waals surface area contributed by atoms with Gasteiger partial charge in [0.2, 0.25) is 0 Å². The predicted octanol–water partition coefficient (Wildman–Crippen LogP) is 3.14. The maximum atomic E-state index is 11.3. The number of nitrogens with zero attached hydrogens (tertiary/aromatic N) is 5. The first-order chi connectivity index (χ1) is 15.2. The Morgan fingerprint density at radius 2 is 1.84 bits per heavy atom. The average Bonchev–Trinajstić information content (AvgIpc) is 3.30. The van der Waals surface area contributed by atoms with Crippen LogP contribution in [0.1, 0.15) is 10.4 Å². The van der Waals surface area contributed by atoms with Crippen LogP contribution in [0.4, 0.5) is 5.82 Å². The summed E-state index contributed by atoms with van der Waals surface area (Å²) < 4.78 is 12.8. The summed E-state index contributed by atoms with van der Waals surface area (Å²) in [5.74, 6) is 1.35. The van der Waals surface area contributed by atoms with Gasteiger partial charge in [-0.3, -0.25) is 0 Å². The van der Waals surface area contributed by atoms with Crippen molar-refractivity contribution in [2.45, 2.75) is 0 Å². The quantitative estimate of drug-likeness (QED) is 0.528. The molecule has 0 spiro atoms. The van der Waals surface area contributed by atoms with Crippen molar-refractivity contribution in [3.05, 3.63) is 66.5 Å². The maximum Gasteiger partial charge on any atom is 0.338 e. The molecule has 2 aromatic carbocycles. The van der Waals surface area contributed by atoms with Gasteiger partial charge in [-0.15, -0.1) is 0 Å². The lowest BCUT2D eigenvalue weighted by Gasteiger charge is -2.29. The number of aromatic carboxylic acids is 1. The van der Waals surface area contributed by atoms with Crippen molar-refractivity contribution in [3.8, 4) is 17.4 Å². The van der Waals surface area contributed by atoms with Gasteiger partial charge in [0.25, 0.3) is 5.95 Å². The third-order valence-electron chi connectivity index (χ3n) is 4.96. The predicted molar refractivity (Wildman–Crippen MR) is 113 cm³/mol. The largest absolute Gasteiger partial charge is 0.478 e. The van der Waals surface area contributed by atoms with E-state index in [1.54, 1.807) is 0 Å². The molecule has 3 heterocycles. The Hall–Kier alpha value is -3.98. The number of anilines is 1. The number of morpholine rings is 1. The van der Waals surface area contributed by atoms with Gasteiger partial charge in [-0.05, 0) is 24.3 Å². The van der Waals surface area contributed by atoms with E-state index in [2.05, 4.69) is 15.0 Å². The van der Waals surface area contributed by atoms with Crippen LogP contribution in [0.15, 0.2) is 60.9 Å². The van der Waals surface area contributed by atoms with Gasteiger partial charge in [0.1, 0.15) is 17.3 Å². The molecule has 156 valence electrons. The first kappa shape index (κ1) is 19.0. The lowest BCUT2D eigenvalue weighted by Crippen LogP contribution is -2.37. The number of hydrogen-bond donors (Lipinski definition) is 1. The SMILES string of the molecule is O=C(O)c1cnn(-c2nc(N3CCOCC3)c3ccc(Oc4ccccc4)cc3n2)c1. The van der Waals surface area contributed by atoms with Crippen molar-refractivity contribution in [3.63, 3.8) is 0 Å². The summed E-state index contributed by atoms with van der Waals surface area (Å²) in [4.78, 5) is 22.7. The summed E-state index contributed by atoms with van der Waals surface area (Å²) >= 11 is 0. The van der Waals surface area contributed by atoms with Gasteiger partial charge in [-0.25, -0.2) is 14.5 Å². The van der Waals surface area contributed by atoms with E-state index >= 15 is 0 Å². The normalized spacial score (nSPS) is 14.0. The fourth-order valence-electron chi connectivity index (χ4n) is 3.43. The number of carboxylic acids is 1. The van der Waals surface area contributed by atoms with Crippen LogP contribution in [0.3, 0.4) is 0 Å². The fourth-order valence-corrected chi connectivity index (χ4v) is 3.43. The molecule has 9 nitrogen and oxygen atoms in total. The lowest BCUT2D eigenvalue weighted by atomic mass is 10.2. The number of ether oxygens (including phenoxy) is 2. The van der Waals surface area contributed by atoms with E-state index in [4.69, 9.17) is 14.5 Å². The monoisotopic (exact) mass is 417 g/mol. The van der Waals surface area contributed by atoms with Crippen molar-refractivity contribution >= 4 is 22.7 Å². The van der Waals surface area contributed by atoms with Gasteiger partial charge in [0.15, 0.2) is 0 Å². The number of rotatable bonds is 5. The fraction of sp³-hybridized carbons (Fsp3) is 0.182. The molecule has 9 heteroatoms. The van der Waals surface area contributed by atoms with Gasteiger partial charge in [-0.2, -0.15) is 10.1 Å². The van der Waals surface area contributed by atoms with E-state index in [1.165, 1.54) is 17.1 Å². The first-order valence-electron chi connectivity index (χ1n) is 9.83. The molecule has 0 aliphatic carbocycles. The lowest BCUT2D eigenvalue weighted by molar-refractivity contribution is 0.0697. The van der Waals surface area contributed by atoms with Crippen LogP contribution < -0.4 is 9.64 Å². The van der Waals surface area contributed by atoms with Crippen LogP contribution in [0.25, 0.3) is 16.9 Å². The van der Waals surface area contributed by atoms with Crippen molar-refractivity contribution in [1.29, 1.82) is 0 Å². The number of carbonyl (C=O) groups is 1. The third-order valence-corrected chi connectivity index (χ3v) is 4.96. The Kier molecular flexibility index (Phi) is 4.93. The first-order valence-corrected chi connectivity index (χ1v) is 9.83. The zero-order valence-corrected chi connectivity index (χ0v) is 16.5. The van der Waals surface area contributed by atoms with Crippen LogP contribution >= 0.6 is 0 Å². The van der Waals surface area contributed by atoms with Gasteiger partial charge < -0.3 is 19.5 Å². The molecule has 1 fully saturated rings. The van der Waals surface area contributed by atoms with Crippen molar-refractivity contribution in [1.82, 2.24) is 19.7 Å². The molecule has 1 aliphatic rings. The van der Waals surface area contributed by atoms with Gasteiger partial charge >= 0.3 is 5.97 Å². The topological polar surface area (TPSA) is 103 Å². The number of para-hydroxylation sites is 1. The van der Waals surface area contributed by atoms with E-state index in [-0.39, 0.29) is 5.56 Å². The second-order valence-electron chi connectivity index (χ2n) is 7.02. The highest BCUT2D eigenvalue weighted by molar-refractivity contribution is 5.91. The highest BCUT2D eigenvalue weighted by Gasteiger charge is 2.19. The summed E-state index contributed by atoms with van der Waals surface area (Å²) in [6, 6.07) is 15.2. The zero-order chi connectivity index (χ0) is 21.2. The summed E-state index contributed by atoms with van der Waals surface area (Å²) in [6.45, 7) is 2.63. The number of fused-ring (bicyclic) bond motifs is 1. The molecule has 0 unspecified atom stereocenters. The molecule has 1 aliphatic heterocycles. The number of carboxylic acid groups (broad SMARTS) is 1. The smallest absolute Gasteiger partial charge is 0.338 e. The van der Waals surface area contributed by atoms with Crippen molar-refractivity contribution in [2.24, 2.45) is 0 Å². The molecule has 1 N–H and O–H groups in total. The molecular formula is C22H19N5O4. The highest BCUT2D eigenvalue weighted by Crippen LogP contribution is 2.30. The molecule has 0 saturated carbocycles. The Labute approximate surface area is 177 Å². The summed E-state index contributed by atoms with van der Waals surface area (Å²) in [6.07, 6.45) is 2.68. The van der Waals surface area contributed by atoms with E-state index in [9.17, 15) is 9.90 Å². The van der Waals surface area contributed by atoms with Gasteiger partial charge in [0, 0.05) is 30.7 Å². The average molecular weight is 417 g/mol. The van der Waals surface area contributed by atoms with Crippen LogP contribution in [0, 0.1) is 0 Å². The molecule has 0 atom stereocenters. The van der Waals surface area contributed by atoms with Crippen LogP contribution in [-0.4, -0.2) is 57.1 Å². The second-order valence-corrected chi connectivity index (χ2v) is 7.02. The Morgan fingerprint density at radius 3 is 2.58 bits per heavy atom. The molecule has 31 heavy (non-hydrogen) atoms. The molecule has 5 rings (SSSR count). The van der Waals surface area contributed by atoms with Crippen molar-refractivity contribution < 1.29 is 19.4 Å². The second kappa shape index (κ2) is 8.04. The van der Waals surface area contributed by atoms with E-state index in [0.717, 1.165) is 17.0 Å². The van der Waals surface area contributed by atoms with Crippen LogP contribution in [0.2, 0.25) is 0 Å². The van der Waals surface area contributed by atoms with E-state index < -0.39 is 5.97 Å². The maximum absolute atomic E-state index is 11.3. The van der Waals surface area contributed by atoms with Crippen LogP contribution in [-0.2, 0) is 4.74 Å². The summed E-state index contributed by atoms with van der Waals surface area (Å²) in [5.41, 5.74) is 0.741. The third kappa shape index (κ3) is 3.90. The molecule has 0 amide bonds. The standard InChI is InChI=1S/C22H19N5O4/c28-21(29)15-13-23-27(14-15)22-24-19-12-17(31-16-4-2-1-3-5-16)6-7-18(19)20(25-22)26-8-10-30-11-9-26/h1-7,12-14H,8-11H2,(H,28,29). The summed E-state index contributed by atoms with van der Waals surface area (Å²) in [7, 11) is 0. The number of hydrogen-bond acceptors (Lipinski definition) is 7. The Bertz CT molecular complexity index is 1240. The molecule has 0 bridgehead atoms. The van der Waals surface area contributed by atoms with E-state index in [1.807, 2.05) is 48.5 Å². The summed E-state index contributed by atoms with van der Waals surface area (Å²) in [5, 5.41) is 14.2. The Morgan fingerprint density at radius 1 is 1.03 bits per heavy atom. The minimum Gasteiger partial charge on any atom is -0.478 e. The van der Waals surface area contributed by atoms with Crippen LogP contribution in [0.5, 0.6) is 11.5 Å². The molecule has 2 aromatic heterocycles. The minimum atomic E-state index is -1.06. The molecule has 0 radical (unpaired) electrons. The van der Waals surface area contributed by atoms with E-state index in [0.29, 0.717) is 43.5 Å².